The van der Waals surface area contributed by atoms with Gasteiger partial charge in [-0.1, -0.05) is 25.1 Å². The number of benzene rings is 1. The van der Waals surface area contributed by atoms with Gasteiger partial charge in [-0.05, 0) is 71.1 Å². The Kier molecular flexibility index (Phi) is 6.40. The van der Waals surface area contributed by atoms with Crippen LogP contribution in [0.2, 0.25) is 0 Å². The highest BCUT2D eigenvalue weighted by molar-refractivity contribution is 5.94. The fourth-order valence-corrected chi connectivity index (χ4v) is 4.69. The van der Waals surface area contributed by atoms with Gasteiger partial charge in [-0.15, -0.1) is 0 Å². The second-order valence-corrected chi connectivity index (χ2v) is 10.2. The van der Waals surface area contributed by atoms with Crippen LogP contribution in [0.4, 0.5) is 0 Å². The van der Waals surface area contributed by atoms with Crippen molar-refractivity contribution < 1.29 is 9.59 Å². The molecule has 2 fully saturated rings. The molecule has 1 saturated carbocycles. The molecule has 0 atom stereocenters. The summed E-state index contributed by atoms with van der Waals surface area (Å²) in [6, 6.07) is 11.6. The largest absolute Gasteiger partial charge is 0.338 e. The van der Waals surface area contributed by atoms with Crippen molar-refractivity contribution in [2.75, 3.05) is 19.6 Å². The standard InChI is InChI=1S/C26H36N4O2/c1-5-15-29(21-13-16-28(17-14-21)24(31)20-9-7-6-8-10-20)25(32)22-18-23(19-11-12-19)30(27-22)26(2,3)4/h6-10,18-19,21H,5,11-17H2,1-4H3. The number of rotatable bonds is 6. The van der Waals surface area contributed by atoms with Crippen molar-refractivity contribution in [3.8, 4) is 0 Å². The fraction of sp³-hybridized carbons (Fsp3) is 0.577. The van der Waals surface area contributed by atoms with Crippen LogP contribution in [0, 0.1) is 0 Å². The summed E-state index contributed by atoms with van der Waals surface area (Å²) in [4.78, 5) is 30.3. The fourth-order valence-electron chi connectivity index (χ4n) is 4.69. The minimum Gasteiger partial charge on any atom is -0.338 e. The number of likely N-dealkylation sites (tertiary alicyclic amines) is 1. The van der Waals surface area contributed by atoms with E-state index in [1.54, 1.807) is 0 Å². The summed E-state index contributed by atoms with van der Waals surface area (Å²) in [7, 11) is 0. The van der Waals surface area contributed by atoms with Gasteiger partial charge in [0.1, 0.15) is 0 Å². The predicted molar refractivity (Wildman–Crippen MR) is 126 cm³/mol. The van der Waals surface area contributed by atoms with E-state index in [2.05, 4.69) is 32.4 Å². The molecule has 0 unspecified atom stereocenters. The average Bonchev–Trinajstić information content (AvgIpc) is 3.54. The van der Waals surface area contributed by atoms with E-state index in [4.69, 9.17) is 5.10 Å². The van der Waals surface area contributed by atoms with Crippen molar-refractivity contribution >= 4 is 11.8 Å². The monoisotopic (exact) mass is 436 g/mol. The summed E-state index contributed by atoms with van der Waals surface area (Å²) in [5.41, 5.74) is 2.35. The summed E-state index contributed by atoms with van der Waals surface area (Å²) in [6.45, 7) is 10.6. The van der Waals surface area contributed by atoms with Crippen LogP contribution < -0.4 is 0 Å². The highest BCUT2D eigenvalue weighted by Crippen LogP contribution is 2.42. The van der Waals surface area contributed by atoms with E-state index in [0.717, 1.165) is 31.4 Å². The van der Waals surface area contributed by atoms with Crippen LogP contribution in [0.1, 0.15) is 92.3 Å². The van der Waals surface area contributed by atoms with Gasteiger partial charge in [0.25, 0.3) is 11.8 Å². The van der Waals surface area contributed by atoms with Gasteiger partial charge in [0.15, 0.2) is 5.69 Å². The molecule has 6 nitrogen and oxygen atoms in total. The maximum atomic E-state index is 13.6. The quantitative estimate of drug-likeness (QED) is 0.661. The molecule has 4 rings (SSSR count). The highest BCUT2D eigenvalue weighted by Gasteiger charge is 2.35. The first kappa shape index (κ1) is 22.6. The third kappa shape index (κ3) is 4.74. The van der Waals surface area contributed by atoms with Gasteiger partial charge in [0, 0.05) is 42.9 Å². The van der Waals surface area contributed by atoms with Crippen molar-refractivity contribution in [2.45, 2.75) is 77.3 Å². The molecule has 6 heteroatoms. The summed E-state index contributed by atoms with van der Waals surface area (Å²) in [5, 5.41) is 4.78. The number of aromatic nitrogens is 2. The third-order valence-corrected chi connectivity index (χ3v) is 6.53. The van der Waals surface area contributed by atoms with Gasteiger partial charge >= 0.3 is 0 Å². The molecule has 32 heavy (non-hydrogen) atoms. The van der Waals surface area contributed by atoms with E-state index >= 15 is 0 Å². The lowest BCUT2D eigenvalue weighted by molar-refractivity contribution is 0.0514. The number of amides is 2. The lowest BCUT2D eigenvalue weighted by Gasteiger charge is -2.38. The second kappa shape index (κ2) is 9.08. The molecule has 2 heterocycles. The minimum atomic E-state index is -0.144. The Labute approximate surface area is 191 Å². The molecular formula is C26H36N4O2. The molecule has 2 amide bonds. The van der Waals surface area contributed by atoms with Gasteiger partial charge in [-0.25, -0.2) is 0 Å². The van der Waals surface area contributed by atoms with Crippen LogP contribution in [0.25, 0.3) is 0 Å². The average molecular weight is 437 g/mol. The number of piperidine rings is 1. The van der Waals surface area contributed by atoms with Crippen LogP contribution in [0.5, 0.6) is 0 Å². The first-order chi connectivity index (χ1) is 15.3. The Morgan fingerprint density at radius 1 is 1.06 bits per heavy atom. The molecule has 0 radical (unpaired) electrons. The molecule has 2 aliphatic rings. The molecule has 1 saturated heterocycles. The van der Waals surface area contributed by atoms with Crippen LogP contribution in [0.3, 0.4) is 0 Å². The van der Waals surface area contributed by atoms with E-state index in [-0.39, 0.29) is 23.4 Å². The lowest BCUT2D eigenvalue weighted by Crippen LogP contribution is -2.49. The molecule has 0 bridgehead atoms. The van der Waals surface area contributed by atoms with Crippen molar-refractivity contribution in [3.63, 3.8) is 0 Å². The van der Waals surface area contributed by atoms with Crippen LogP contribution in [-0.4, -0.2) is 57.1 Å². The van der Waals surface area contributed by atoms with E-state index in [1.165, 1.54) is 18.5 Å². The third-order valence-electron chi connectivity index (χ3n) is 6.53. The Balaban J connectivity index is 1.47. The minimum absolute atomic E-state index is 0.0320. The number of carbonyl (C=O) groups is 2. The van der Waals surface area contributed by atoms with Crippen molar-refractivity contribution in [3.05, 3.63) is 53.3 Å². The molecule has 0 N–H and O–H groups in total. The van der Waals surface area contributed by atoms with E-state index in [1.807, 2.05) is 46.2 Å². The maximum absolute atomic E-state index is 13.6. The summed E-state index contributed by atoms with van der Waals surface area (Å²) < 4.78 is 2.06. The molecule has 1 aliphatic heterocycles. The van der Waals surface area contributed by atoms with E-state index in [9.17, 15) is 9.59 Å². The Hall–Kier alpha value is -2.63. The molecule has 1 aliphatic carbocycles. The van der Waals surface area contributed by atoms with E-state index < -0.39 is 0 Å². The Morgan fingerprint density at radius 3 is 2.28 bits per heavy atom. The van der Waals surface area contributed by atoms with Crippen LogP contribution in [0.15, 0.2) is 36.4 Å². The highest BCUT2D eigenvalue weighted by atomic mass is 16.2. The van der Waals surface area contributed by atoms with Crippen LogP contribution >= 0.6 is 0 Å². The van der Waals surface area contributed by atoms with Crippen LogP contribution in [-0.2, 0) is 5.54 Å². The number of hydrogen-bond donors (Lipinski definition) is 0. The van der Waals surface area contributed by atoms with E-state index in [0.29, 0.717) is 24.7 Å². The maximum Gasteiger partial charge on any atom is 0.274 e. The summed E-state index contributed by atoms with van der Waals surface area (Å²) in [6.07, 6.45) is 4.88. The van der Waals surface area contributed by atoms with Gasteiger partial charge in [-0.3, -0.25) is 14.3 Å². The SMILES string of the molecule is CCCN(C(=O)c1cc(C2CC2)n(C(C)(C)C)n1)C1CCN(C(=O)c2ccccc2)CC1. The molecule has 2 aromatic rings. The normalized spacial score (nSPS) is 17.4. The van der Waals surface area contributed by atoms with Crippen molar-refractivity contribution in [2.24, 2.45) is 0 Å². The second-order valence-electron chi connectivity index (χ2n) is 10.2. The van der Waals surface area contributed by atoms with Crippen molar-refractivity contribution in [1.29, 1.82) is 0 Å². The summed E-state index contributed by atoms with van der Waals surface area (Å²) >= 11 is 0. The Bertz CT molecular complexity index is 948. The smallest absolute Gasteiger partial charge is 0.274 e. The zero-order chi connectivity index (χ0) is 22.9. The summed E-state index contributed by atoms with van der Waals surface area (Å²) in [5.74, 6) is 0.648. The first-order valence-electron chi connectivity index (χ1n) is 12.0. The molecule has 0 spiro atoms. The molecule has 1 aromatic heterocycles. The van der Waals surface area contributed by atoms with Gasteiger partial charge in [0.05, 0.1) is 5.54 Å². The van der Waals surface area contributed by atoms with Gasteiger partial charge in [-0.2, -0.15) is 5.10 Å². The lowest BCUT2D eigenvalue weighted by atomic mass is 10.0. The molecule has 1 aromatic carbocycles. The first-order valence-corrected chi connectivity index (χ1v) is 12.0. The van der Waals surface area contributed by atoms with Crippen molar-refractivity contribution in [1.82, 2.24) is 19.6 Å². The number of nitrogens with zero attached hydrogens (tertiary/aromatic N) is 4. The van der Waals surface area contributed by atoms with Gasteiger partial charge < -0.3 is 9.80 Å². The Morgan fingerprint density at radius 2 is 1.72 bits per heavy atom. The van der Waals surface area contributed by atoms with Gasteiger partial charge in [0.2, 0.25) is 0 Å². The zero-order valence-electron chi connectivity index (χ0n) is 19.9. The topological polar surface area (TPSA) is 58.4 Å². The molecular weight excluding hydrogens is 400 g/mol. The molecule has 172 valence electrons. The number of hydrogen-bond acceptors (Lipinski definition) is 3. The zero-order valence-corrected chi connectivity index (χ0v) is 19.9. The number of carbonyl (C=O) groups excluding carboxylic acids is 2. The predicted octanol–water partition coefficient (Wildman–Crippen LogP) is 4.67.